The van der Waals surface area contributed by atoms with E-state index in [9.17, 15) is 4.39 Å². The van der Waals surface area contributed by atoms with Crippen molar-refractivity contribution in [1.29, 1.82) is 0 Å². The summed E-state index contributed by atoms with van der Waals surface area (Å²) in [6, 6.07) is 10.2. The average molecular weight is 302 g/mol. The molecule has 0 saturated carbocycles. The molecule has 0 aliphatic heterocycles. The predicted octanol–water partition coefficient (Wildman–Crippen LogP) is 2.09. The maximum atomic E-state index is 13.1. The molecule has 6 heteroatoms. The van der Waals surface area contributed by atoms with E-state index in [0.29, 0.717) is 24.9 Å². The van der Waals surface area contributed by atoms with Gasteiger partial charge in [0.25, 0.3) is 0 Å². The van der Waals surface area contributed by atoms with E-state index in [2.05, 4.69) is 20.6 Å². The number of nitrogens with zero attached hydrogens (tertiary/aromatic N) is 2. The number of ether oxygens (including phenoxy) is 1. The maximum absolute atomic E-state index is 13.1. The Kier molecular flexibility index (Phi) is 5.71. The fraction of sp³-hybridized carbons (Fsp3) is 0.250. The van der Waals surface area contributed by atoms with E-state index in [1.165, 1.54) is 12.1 Å². The van der Waals surface area contributed by atoms with Crippen molar-refractivity contribution >= 4 is 5.96 Å². The Morgan fingerprint density at radius 3 is 2.55 bits per heavy atom. The normalized spacial score (nSPS) is 11.1. The molecule has 5 nitrogen and oxygen atoms in total. The van der Waals surface area contributed by atoms with Crippen LogP contribution in [0.25, 0.3) is 0 Å². The summed E-state index contributed by atoms with van der Waals surface area (Å²) >= 11 is 0. The SMILES string of the molecule is CN=C(NCc1cccc(F)c1)NCc1ccnc(OC)c1. The zero-order valence-corrected chi connectivity index (χ0v) is 12.6. The van der Waals surface area contributed by atoms with Gasteiger partial charge in [0.15, 0.2) is 5.96 Å². The summed E-state index contributed by atoms with van der Waals surface area (Å²) in [5, 5.41) is 6.32. The first-order chi connectivity index (χ1) is 10.7. The van der Waals surface area contributed by atoms with Crippen molar-refractivity contribution in [1.82, 2.24) is 15.6 Å². The molecule has 0 saturated heterocycles. The molecule has 0 aliphatic carbocycles. The van der Waals surface area contributed by atoms with Gasteiger partial charge in [-0.15, -0.1) is 0 Å². The summed E-state index contributed by atoms with van der Waals surface area (Å²) in [6.45, 7) is 1.08. The van der Waals surface area contributed by atoms with Crippen LogP contribution in [0.4, 0.5) is 4.39 Å². The maximum Gasteiger partial charge on any atom is 0.213 e. The molecular formula is C16H19FN4O. The van der Waals surface area contributed by atoms with E-state index >= 15 is 0 Å². The minimum Gasteiger partial charge on any atom is -0.481 e. The molecule has 0 amide bonds. The van der Waals surface area contributed by atoms with Crippen LogP contribution in [0.3, 0.4) is 0 Å². The fourth-order valence-corrected chi connectivity index (χ4v) is 1.91. The number of methoxy groups -OCH3 is 1. The van der Waals surface area contributed by atoms with Crippen LogP contribution in [0.1, 0.15) is 11.1 Å². The monoisotopic (exact) mass is 302 g/mol. The molecule has 0 bridgehead atoms. The van der Waals surface area contributed by atoms with E-state index in [-0.39, 0.29) is 5.82 Å². The Morgan fingerprint density at radius 2 is 1.91 bits per heavy atom. The number of pyridine rings is 1. The Hall–Kier alpha value is -2.63. The van der Waals surface area contributed by atoms with Crippen molar-refractivity contribution < 1.29 is 9.13 Å². The fourth-order valence-electron chi connectivity index (χ4n) is 1.91. The summed E-state index contributed by atoms with van der Waals surface area (Å²) in [7, 11) is 3.27. The lowest BCUT2D eigenvalue weighted by molar-refractivity contribution is 0.397. The Morgan fingerprint density at radius 1 is 1.18 bits per heavy atom. The van der Waals surface area contributed by atoms with Crippen LogP contribution in [0.15, 0.2) is 47.6 Å². The van der Waals surface area contributed by atoms with Crippen LogP contribution in [-0.4, -0.2) is 25.1 Å². The lowest BCUT2D eigenvalue weighted by atomic mass is 10.2. The molecular weight excluding hydrogens is 283 g/mol. The van der Waals surface area contributed by atoms with E-state index in [1.807, 2.05) is 18.2 Å². The summed E-state index contributed by atoms with van der Waals surface area (Å²) in [5.41, 5.74) is 1.88. The molecule has 0 unspecified atom stereocenters. The molecule has 0 fully saturated rings. The second kappa shape index (κ2) is 7.97. The molecule has 0 spiro atoms. The third-order valence-electron chi connectivity index (χ3n) is 3.04. The quantitative estimate of drug-likeness (QED) is 0.656. The Balaban J connectivity index is 1.87. The first-order valence-electron chi connectivity index (χ1n) is 6.89. The number of aromatic nitrogens is 1. The molecule has 2 aromatic rings. The number of aliphatic imine (C=N–C) groups is 1. The van der Waals surface area contributed by atoms with E-state index < -0.39 is 0 Å². The third-order valence-corrected chi connectivity index (χ3v) is 3.04. The molecule has 22 heavy (non-hydrogen) atoms. The van der Waals surface area contributed by atoms with Gasteiger partial charge in [0.2, 0.25) is 5.88 Å². The minimum atomic E-state index is -0.244. The van der Waals surface area contributed by atoms with E-state index in [4.69, 9.17) is 4.74 Å². The standard InChI is InChI=1S/C16H19FN4O/c1-18-16(20-10-12-4-3-5-14(17)8-12)21-11-13-6-7-19-15(9-13)22-2/h3-9H,10-11H2,1-2H3,(H2,18,20,21). The summed E-state index contributed by atoms with van der Waals surface area (Å²) < 4.78 is 18.2. The van der Waals surface area contributed by atoms with Crippen molar-refractivity contribution in [2.45, 2.75) is 13.1 Å². The molecule has 2 N–H and O–H groups in total. The minimum absolute atomic E-state index is 0.244. The van der Waals surface area contributed by atoms with Crippen LogP contribution in [0.2, 0.25) is 0 Å². The van der Waals surface area contributed by atoms with Gasteiger partial charge in [0, 0.05) is 32.4 Å². The smallest absolute Gasteiger partial charge is 0.213 e. The molecule has 0 atom stereocenters. The number of hydrogen-bond donors (Lipinski definition) is 2. The van der Waals surface area contributed by atoms with Crippen LogP contribution >= 0.6 is 0 Å². The van der Waals surface area contributed by atoms with Crippen molar-refractivity contribution in [3.8, 4) is 5.88 Å². The van der Waals surface area contributed by atoms with Gasteiger partial charge in [0.05, 0.1) is 7.11 Å². The molecule has 1 aromatic heterocycles. The number of benzene rings is 1. The Labute approximate surface area is 129 Å². The zero-order valence-electron chi connectivity index (χ0n) is 12.6. The largest absolute Gasteiger partial charge is 0.481 e. The summed E-state index contributed by atoms with van der Waals surface area (Å²) in [4.78, 5) is 8.20. The Bertz CT molecular complexity index is 646. The molecule has 0 radical (unpaired) electrons. The molecule has 116 valence electrons. The van der Waals surface area contributed by atoms with Gasteiger partial charge in [0.1, 0.15) is 5.82 Å². The summed E-state index contributed by atoms with van der Waals surface area (Å²) in [5.74, 6) is 0.966. The van der Waals surface area contributed by atoms with Crippen molar-refractivity contribution in [3.05, 3.63) is 59.5 Å². The highest BCUT2D eigenvalue weighted by atomic mass is 19.1. The summed E-state index contributed by atoms with van der Waals surface area (Å²) in [6.07, 6.45) is 1.69. The second-order valence-corrected chi connectivity index (χ2v) is 4.62. The van der Waals surface area contributed by atoms with Gasteiger partial charge in [-0.3, -0.25) is 4.99 Å². The van der Waals surface area contributed by atoms with Gasteiger partial charge in [-0.25, -0.2) is 9.37 Å². The number of hydrogen-bond acceptors (Lipinski definition) is 3. The van der Waals surface area contributed by atoms with Crippen molar-refractivity contribution in [3.63, 3.8) is 0 Å². The number of rotatable bonds is 5. The van der Waals surface area contributed by atoms with E-state index in [0.717, 1.165) is 11.1 Å². The first kappa shape index (κ1) is 15.8. The molecule has 1 heterocycles. The molecule has 0 aliphatic rings. The van der Waals surface area contributed by atoms with Gasteiger partial charge < -0.3 is 15.4 Å². The van der Waals surface area contributed by atoms with Crippen molar-refractivity contribution in [2.75, 3.05) is 14.2 Å². The predicted molar refractivity (Wildman–Crippen MR) is 84.2 cm³/mol. The topological polar surface area (TPSA) is 58.5 Å². The highest BCUT2D eigenvalue weighted by Gasteiger charge is 2.01. The second-order valence-electron chi connectivity index (χ2n) is 4.62. The number of nitrogens with one attached hydrogen (secondary N) is 2. The average Bonchev–Trinajstić information content (AvgIpc) is 2.55. The highest BCUT2D eigenvalue weighted by Crippen LogP contribution is 2.08. The number of halogens is 1. The lowest BCUT2D eigenvalue weighted by Gasteiger charge is -2.12. The molecule has 1 aromatic carbocycles. The van der Waals surface area contributed by atoms with E-state index in [1.54, 1.807) is 26.4 Å². The van der Waals surface area contributed by atoms with Gasteiger partial charge in [-0.1, -0.05) is 12.1 Å². The van der Waals surface area contributed by atoms with Crippen LogP contribution < -0.4 is 15.4 Å². The van der Waals surface area contributed by atoms with Gasteiger partial charge in [-0.05, 0) is 29.3 Å². The van der Waals surface area contributed by atoms with Crippen LogP contribution in [-0.2, 0) is 13.1 Å². The molecule has 2 rings (SSSR count). The highest BCUT2D eigenvalue weighted by molar-refractivity contribution is 5.79. The van der Waals surface area contributed by atoms with Gasteiger partial charge in [-0.2, -0.15) is 0 Å². The number of guanidine groups is 1. The van der Waals surface area contributed by atoms with Crippen molar-refractivity contribution in [2.24, 2.45) is 4.99 Å². The van der Waals surface area contributed by atoms with Crippen LogP contribution in [0, 0.1) is 5.82 Å². The zero-order chi connectivity index (χ0) is 15.8. The third kappa shape index (κ3) is 4.73. The lowest BCUT2D eigenvalue weighted by Crippen LogP contribution is -2.36. The van der Waals surface area contributed by atoms with Crippen LogP contribution in [0.5, 0.6) is 5.88 Å². The van der Waals surface area contributed by atoms with Gasteiger partial charge >= 0.3 is 0 Å². The first-order valence-corrected chi connectivity index (χ1v) is 6.89.